The second-order valence-electron chi connectivity index (χ2n) is 5.28. The predicted octanol–water partition coefficient (Wildman–Crippen LogP) is 2.08. The number of hydrogen-bond donors (Lipinski definition) is 1. The standard InChI is InChI=1S/C14H15N5O3S/c1-9-15-7-12(23-9)14(20)18-5-4-10(8-18)17-13-3-2-11(6-16-13)19(21)22/h2-3,6-7,10H,4-5,8H2,1H3,(H,16,17). The van der Waals surface area contributed by atoms with E-state index in [0.29, 0.717) is 23.8 Å². The van der Waals surface area contributed by atoms with Gasteiger partial charge in [0, 0.05) is 25.2 Å². The van der Waals surface area contributed by atoms with Crippen molar-refractivity contribution in [2.45, 2.75) is 19.4 Å². The molecule has 1 saturated heterocycles. The number of anilines is 1. The largest absolute Gasteiger partial charge is 0.365 e. The number of amides is 1. The normalized spacial score (nSPS) is 17.3. The number of nitro groups is 1. The summed E-state index contributed by atoms with van der Waals surface area (Å²) in [5, 5.41) is 14.7. The van der Waals surface area contributed by atoms with Crippen LogP contribution in [0, 0.1) is 17.0 Å². The van der Waals surface area contributed by atoms with Gasteiger partial charge in [0.05, 0.1) is 16.1 Å². The molecule has 120 valence electrons. The topological polar surface area (TPSA) is 101 Å². The highest BCUT2D eigenvalue weighted by Crippen LogP contribution is 2.20. The van der Waals surface area contributed by atoms with Crippen LogP contribution >= 0.6 is 11.3 Å². The van der Waals surface area contributed by atoms with Crippen LogP contribution < -0.4 is 5.32 Å². The number of aromatic nitrogens is 2. The monoisotopic (exact) mass is 333 g/mol. The molecule has 1 amide bonds. The van der Waals surface area contributed by atoms with Crippen molar-refractivity contribution >= 4 is 28.7 Å². The van der Waals surface area contributed by atoms with E-state index in [1.165, 1.54) is 23.6 Å². The van der Waals surface area contributed by atoms with E-state index in [1.54, 1.807) is 17.2 Å². The van der Waals surface area contributed by atoms with Crippen LogP contribution in [0.2, 0.25) is 0 Å². The van der Waals surface area contributed by atoms with E-state index in [2.05, 4.69) is 15.3 Å². The van der Waals surface area contributed by atoms with E-state index in [-0.39, 0.29) is 17.6 Å². The molecule has 3 heterocycles. The summed E-state index contributed by atoms with van der Waals surface area (Å²) < 4.78 is 0. The first-order valence-corrected chi connectivity index (χ1v) is 7.93. The molecule has 1 fully saturated rings. The van der Waals surface area contributed by atoms with Gasteiger partial charge in [0.2, 0.25) is 0 Å². The molecule has 0 bridgehead atoms. The minimum Gasteiger partial charge on any atom is -0.365 e. The summed E-state index contributed by atoms with van der Waals surface area (Å²) in [7, 11) is 0. The van der Waals surface area contributed by atoms with Gasteiger partial charge >= 0.3 is 0 Å². The van der Waals surface area contributed by atoms with Crippen LogP contribution in [-0.4, -0.2) is 44.8 Å². The lowest BCUT2D eigenvalue weighted by atomic mass is 10.2. The highest BCUT2D eigenvalue weighted by atomic mass is 32.1. The molecule has 0 aromatic carbocycles. The Morgan fingerprint density at radius 3 is 2.87 bits per heavy atom. The summed E-state index contributed by atoms with van der Waals surface area (Å²) in [6, 6.07) is 3.07. The van der Waals surface area contributed by atoms with Crippen LogP contribution in [0.25, 0.3) is 0 Å². The quantitative estimate of drug-likeness (QED) is 0.679. The van der Waals surface area contributed by atoms with Gasteiger partial charge in [-0.15, -0.1) is 11.3 Å². The second kappa shape index (κ2) is 6.29. The summed E-state index contributed by atoms with van der Waals surface area (Å²) in [4.78, 5) is 33.1. The Morgan fingerprint density at radius 1 is 1.43 bits per heavy atom. The molecule has 3 rings (SSSR count). The van der Waals surface area contributed by atoms with Crippen molar-refractivity contribution in [2.75, 3.05) is 18.4 Å². The third kappa shape index (κ3) is 3.45. The lowest BCUT2D eigenvalue weighted by Crippen LogP contribution is -2.31. The molecule has 0 radical (unpaired) electrons. The summed E-state index contributed by atoms with van der Waals surface area (Å²) in [6.07, 6.45) is 3.64. The molecular weight excluding hydrogens is 318 g/mol. The maximum atomic E-state index is 12.4. The number of nitrogens with one attached hydrogen (secondary N) is 1. The van der Waals surface area contributed by atoms with Crippen molar-refractivity contribution in [2.24, 2.45) is 0 Å². The molecular formula is C14H15N5O3S. The Hall–Kier alpha value is -2.55. The number of carbonyl (C=O) groups is 1. The zero-order valence-corrected chi connectivity index (χ0v) is 13.2. The minimum atomic E-state index is -0.482. The van der Waals surface area contributed by atoms with Gasteiger partial charge in [0.1, 0.15) is 16.9 Å². The average molecular weight is 333 g/mol. The third-order valence-corrected chi connectivity index (χ3v) is 4.52. The molecule has 1 aliphatic rings. The minimum absolute atomic E-state index is 0.00319. The van der Waals surface area contributed by atoms with Crippen molar-refractivity contribution in [1.82, 2.24) is 14.9 Å². The lowest BCUT2D eigenvalue weighted by Gasteiger charge is -2.16. The lowest BCUT2D eigenvalue weighted by molar-refractivity contribution is -0.385. The molecule has 1 N–H and O–H groups in total. The first-order chi connectivity index (χ1) is 11.0. The van der Waals surface area contributed by atoms with Crippen LogP contribution in [0.1, 0.15) is 21.1 Å². The number of pyridine rings is 1. The molecule has 2 aromatic rings. The summed E-state index contributed by atoms with van der Waals surface area (Å²) >= 11 is 1.39. The fraction of sp³-hybridized carbons (Fsp3) is 0.357. The van der Waals surface area contributed by atoms with Gasteiger partial charge in [0.25, 0.3) is 11.6 Å². The first kappa shape index (κ1) is 15.3. The van der Waals surface area contributed by atoms with Crippen molar-refractivity contribution < 1.29 is 9.72 Å². The second-order valence-corrected chi connectivity index (χ2v) is 6.52. The van der Waals surface area contributed by atoms with Crippen molar-refractivity contribution in [3.8, 4) is 0 Å². The average Bonchev–Trinajstić information content (AvgIpc) is 3.16. The first-order valence-electron chi connectivity index (χ1n) is 7.11. The van der Waals surface area contributed by atoms with Gasteiger partial charge in [-0.05, 0) is 19.4 Å². The van der Waals surface area contributed by atoms with Gasteiger partial charge in [-0.3, -0.25) is 14.9 Å². The highest BCUT2D eigenvalue weighted by Gasteiger charge is 2.28. The van der Waals surface area contributed by atoms with Crippen LogP contribution in [0.3, 0.4) is 0 Å². The van der Waals surface area contributed by atoms with Crippen LogP contribution in [0.5, 0.6) is 0 Å². The van der Waals surface area contributed by atoms with E-state index in [0.717, 1.165) is 11.4 Å². The van der Waals surface area contributed by atoms with E-state index in [4.69, 9.17) is 0 Å². The molecule has 1 aliphatic heterocycles. The Labute approximate surface area is 136 Å². The van der Waals surface area contributed by atoms with Crippen molar-refractivity contribution in [3.05, 3.63) is 44.5 Å². The third-order valence-electron chi connectivity index (χ3n) is 3.62. The summed E-state index contributed by atoms with van der Waals surface area (Å²) in [6.45, 7) is 3.12. The number of carbonyl (C=O) groups excluding carboxylic acids is 1. The van der Waals surface area contributed by atoms with E-state index >= 15 is 0 Å². The van der Waals surface area contributed by atoms with Crippen LogP contribution in [0.15, 0.2) is 24.5 Å². The highest BCUT2D eigenvalue weighted by molar-refractivity contribution is 7.13. The van der Waals surface area contributed by atoms with Gasteiger partial charge < -0.3 is 10.2 Å². The SMILES string of the molecule is Cc1ncc(C(=O)N2CCC(Nc3ccc([N+](=O)[O-])cn3)C2)s1. The summed E-state index contributed by atoms with van der Waals surface area (Å²) in [5.41, 5.74) is -0.0423. The molecule has 9 heteroatoms. The Morgan fingerprint density at radius 2 is 2.26 bits per heavy atom. The van der Waals surface area contributed by atoms with E-state index in [9.17, 15) is 14.9 Å². The number of nitrogens with zero attached hydrogens (tertiary/aromatic N) is 4. The predicted molar refractivity (Wildman–Crippen MR) is 85.7 cm³/mol. The van der Waals surface area contributed by atoms with Crippen LogP contribution in [0.4, 0.5) is 11.5 Å². The number of rotatable bonds is 4. The maximum Gasteiger partial charge on any atom is 0.287 e. The number of aryl methyl sites for hydroxylation is 1. The number of likely N-dealkylation sites (tertiary alicyclic amines) is 1. The Balaban J connectivity index is 1.59. The maximum absolute atomic E-state index is 12.4. The molecule has 0 aliphatic carbocycles. The number of thiazole rings is 1. The molecule has 0 saturated carbocycles. The van der Waals surface area contributed by atoms with Gasteiger partial charge in [0.15, 0.2) is 0 Å². The fourth-order valence-electron chi connectivity index (χ4n) is 2.47. The fourth-order valence-corrected chi connectivity index (χ4v) is 3.21. The van der Waals surface area contributed by atoms with E-state index < -0.39 is 4.92 Å². The summed E-state index contributed by atoms with van der Waals surface area (Å²) in [5.74, 6) is 0.570. The van der Waals surface area contributed by atoms with Gasteiger partial charge in [-0.25, -0.2) is 9.97 Å². The molecule has 1 atom stereocenters. The van der Waals surface area contributed by atoms with Gasteiger partial charge in [-0.1, -0.05) is 0 Å². The smallest absolute Gasteiger partial charge is 0.287 e. The van der Waals surface area contributed by atoms with Gasteiger partial charge in [-0.2, -0.15) is 0 Å². The Kier molecular flexibility index (Phi) is 4.20. The molecule has 1 unspecified atom stereocenters. The zero-order chi connectivity index (χ0) is 16.4. The van der Waals surface area contributed by atoms with Crippen molar-refractivity contribution in [1.29, 1.82) is 0 Å². The molecule has 0 spiro atoms. The number of hydrogen-bond acceptors (Lipinski definition) is 7. The zero-order valence-electron chi connectivity index (χ0n) is 12.4. The van der Waals surface area contributed by atoms with E-state index in [1.807, 2.05) is 6.92 Å². The van der Waals surface area contributed by atoms with Crippen molar-refractivity contribution in [3.63, 3.8) is 0 Å². The molecule has 8 nitrogen and oxygen atoms in total. The molecule has 2 aromatic heterocycles. The Bertz CT molecular complexity index is 730. The molecule has 23 heavy (non-hydrogen) atoms. The van der Waals surface area contributed by atoms with Crippen LogP contribution in [-0.2, 0) is 0 Å².